The minimum absolute atomic E-state index is 0.164. The number of hydrogen-bond acceptors (Lipinski definition) is 4. The molecule has 7 nitrogen and oxygen atoms in total. The molecule has 0 radical (unpaired) electrons. The lowest BCUT2D eigenvalue weighted by Gasteiger charge is -2.26. The lowest BCUT2D eigenvalue weighted by Crippen LogP contribution is -2.54. The van der Waals surface area contributed by atoms with Crippen molar-refractivity contribution in [2.24, 2.45) is 0 Å². The number of ether oxygens (including phenoxy) is 1. The largest absolute Gasteiger partial charge is 0.495 e. The zero-order valence-corrected chi connectivity index (χ0v) is 19.5. The zero-order chi connectivity index (χ0) is 23.9. The van der Waals surface area contributed by atoms with Gasteiger partial charge in [-0.3, -0.25) is 14.9 Å². The number of carbonyl (C=O) groups is 3. The van der Waals surface area contributed by atoms with Gasteiger partial charge in [-0.1, -0.05) is 23.2 Å². The second kappa shape index (κ2) is 8.77. The van der Waals surface area contributed by atoms with Crippen LogP contribution in [0.15, 0.2) is 54.1 Å². The first-order valence-corrected chi connectivity index (χ1v) is 10.7. The van der Waals surface area contributed by atoms with Crippen LogP contribution in [0.3, 0.4) is 0 Å². The zero-order valence-electron chi connectivity index (χ0n) is 18.0. The quantitative estimate of drug-likeness (QED) is 0.414. The van der Waals surface area contributed by atoms with Gasteiger partial charge in [0.25, 0.3) is 11.8 Å². The highest BCUT2D eigenvalue weighted by atomic mass is 35.5. The standard InChI is InChI=1S/C24H19Cl2N3O4/c1-13-10-15(14(2)28(13)20-12-17(26)6-9-21(20)33-3)11-19-22(30)27-24(32)29(23(19)31)18-7-4-16(25)5-8-18/h4-12H,1-3H3,(H,27,30,32)/b19-11+. The second-order valence-corrected chi connectivity index (χ2v) is 8.29. The monoisotopic (exact) mass is 483 g/mol. The van der Waals surface area contributed by atoms with Crippen LogP contribution in [0.25, 0.3) is 11.8 Å². The number of aryl methyl sites for hydroxylation is 1. The van der Waals surface area contributed by atoms with Gasteiger partial charge in [-0.2, -0.15) is 0 Å². The van der Waals surface area contributed by atoms with E-state index in [0.717, 1.165) is 22.0 Å². The van der Waals surface area contributed by atoms with Gasteiger partial charge in [0.15, 0.2) is 0 Å². The first kappa shape index (κ1) is 22.6. The van der Waals surface area contributed by atoms with Crippen molar-refractivity contribution in [3.8, 4) is 11.4 Å². The van der Waals surface area contributed by atoms with E-state index in [-0.39, 0.29) is 5.57 Å². The van der Waals surface area contributed by atoms with Gasteiger partial charge in [-0.25, -0.2) is 9.69 Å². The van der Waals surface area contributed by atoms with Crippen LogP contribution in [0.1, 0.15) is 17.0 Å². The molecule has 4 rings (SSSR count). The first-order chi connectivity index (χ1) is 15.7. The molecule has 2 aromatic carbocycles. The molecule has 0 aliphatic carbocycles. The Balaban J connectivity index is 1.79. The van der Waals surface area contributed by atoms with Gasteiger partial charge in [-0.15, -0.1) is 0 Å². The van der Waals surface area contributed by atoms with Crippen LogP contribution >= 0.6 is 23.2 Å². The van der Waals surface area contributed by atoms with E-state index in [0.29, 0.717) is 27.0 Å². The number of urea groups is 1. The highest BCUT2D eigenvalue weighted by Crippen LogP contribution is 2.32. The molecule has 0 spiro atoms. The molecule has 9 heteroatoms. The number of anilines is 1. The lowest BCUT2D eigenvalue weighted by molar-refractivity contribution is -0.122. The molecule has 33 heavy (non-hydrogen) atoms. The van der Waals surface area contributed by atoms with E-state index in [2.05, 4.69) is 5.32 Å². The smallest absolute Gasteiger partial charge is 0.335 e. The summed E-state index contributed by atoms with van der Waals surface area (Å²) in [4.78, 5) is 39.0. The molecule has 3 aromatic rings. The molecule has 168 valence electrons. The summed E-state index contributed by atoms with van der Waals surface area (Å²) in [5, 5.41) is 3.22. The number of barbiturate groups is 1. The molecule has 0 unspecified atom stereocenters. The number of amides is 4. The molecule has 1 aliphatic rings. The van der Waals surface area contributed by atoms with Crippen LogP contribution in [-0.4, -0.2) is 29.5 Å². The predicted molar refractivity (Wildman–Crippen MR) is 127 cm³/mol. The summed E-state index contributed by atoms with van der Waals surface area (Å²) in [6, 6.07) is 12.5. The number of halogens is 2. The first-order valence-electron chi connectivity index (χ1n) is 9.91. The average molecular weight is 484 g/mol. The Bertz CT molecular complexity index is 1330. The van der Waals surface area contributed by atoms with E-state index < -0.39 is 17.8 Å². The Morgan fingerprint density at radius 1 is 0.939 bits per heavy atom. The molecule has 1 fully saturated rings. The molecule has 4 amide bonds. The molecule has 0 saturated carbocycles. The normalized spacial score (nSPS) is 15.2. The van der Waals surface area contributed by atoms with Crippen molar-refractivity contribution >= 4 is 52.8 Å². The third-order valence-electron chi connectivity index (χ3n) is 5.34. The Hall–Kier alpha value is -3.55. The van der Waals surface area contributed by atoms with Crippen LogP contribution in [0.5, 0.6) is 5.75 Å². The number of hydrogen-bond donors (Lipinski definition) is 1. The van der Waals surface area contributed by atoms with Crippen LogP contribution < -0.4 is 15.0 Å². The molecule has 1 aliphatic heterocycles. The molecule has 0 bridgehead atoms. The van der Waals surface area contributed by atoms with Gasteiger partial charge in [0.05, 0.1) is 18.5 Å². The summed E-state index contributed by atoms with van der Waals surface area (Å²) in [5.74, 6) is -0.872. The number of nitrogens with zero attached hydrogens (tertiary/aromatic N) is 2. The highest BCUT2D eigenvalue weighted by Gasteiger charge is 2.37. The molecule has 2 heterocycles. The van der Waals surface area contributed by atoms with E-state index in [1.54, 1.807) is 37.4 Å². The van der Waals surface area contributed by atoms with Crippen molar-refractivity contribution in [1.82, 2.24) is 9.88 Å². The summed E-state index contributed by atoms with van der Waals surface area (Å²) < 4.78 is 7.40. The van der Waals surface area contributed by atoms with Crippen molar-refractivity contribution < 1.29 is 19.1 Å². The number of rotatable bonds is 4. The van der Waals surface area contributed by atoms with E-state index in [9.17, 15) is 14.4 Å². The fourth-order valence-corrected chi connectivity index (χ4v) is 4.07. The maximum Gasteiger partial charge on any atom is 0.335 e. The maximum atomic E-state index is 13.2. The predicted octanol–water partition coefficient (Wildman–Crippen LogP) is 5.08. The fraction of sp³-hybridized carbons (Fsp3) is 0.125. The number of nitrogens with one attached hydrogen (secondary N) is 1. The molecule has 1 saturated heterocycles. The van der Waals surface area contributed by atoms with E-state index in [1.165, 1.54) is 18.2 Å². The van der Waals surface area contributed by atoms with Crippen molar-refractivity contribution in [2.45, 2.75) is 13.8 Å². The minimum atomic E-state index is -0.821. The number of aromatic nitrogens is 1. The fourth-order valence-electron chi connectivity index (χ4n) is 3.78. The molecule has 0 atom stereocenters. The number of carbonyl (C=O) groups excluding carboxylic acids is 3. The Morgan fingerprint density at radius 2 is 1.61 bits per heavy atom. The van der Waals surface area contributed by atoms with Crippen LogP contribution in [-0.2, 0) is 9.59 Å². The van der Waals surface area contributed by atoms with E-state index >= 15 is 0 Å². The third kappa shape index (κ3) is 4.13. The number of benzene rings is 2. The van der Waals surface area contributed by atoms with Gasteiger partial charge < -0.3 is 9.30 Å². The Morgan fingerprint density at radius 3 is 2.27 bits per heavy atom. The summed E-state index contributed by atoms with van der Waals surface area (Å²) in [6.45, 7) is 3.74. The SMILES string of the molecule is COc1ccc(Cl)cc1-n1c(C)cc(/C=C2\C(=O)NC(=O)N(c3ccc(Cl)cc3)C2=O)c1C. The summed E-state index contributed by atoms with van der Waals surface area (Å²) in [6.07, 6.45) is 1.48. The van der Waals surface area contributed by atoms with Gasteiger partial charge in [-0.05, 0) is 74.0 Å². The Kier molecular flexibility index (Phi) is 6.01. The molecule has 1 N–H and O–H groups in total. The molecular formula is C24H19Cl2N3O4. The molecule has 1 aromatic heterocycles. The number of imide groups is 2. The van der Waals surface area contributed by atoms with Crippen molar-refractivity contribution in [1.29, 1.82) is 0 Å². The van der Waals surface area contributed by atoms with Gasteiger partial charge in [0.2, 0.25) is 0 Å². The summed E-state index contributed by atoms with van der Waals surface area (Å²) in [5.41, 5.74) is 3.10. The van der Waals surface area contributed by atoms with Crippen LogP contribution in [0, 0.1) is 13.8 Å². The Labute approximate surface area is 200 Å². The average Bonchev–Trinajstić information content (AvgIpc) is 3.05. The van der Waals surface area contributed by atoms with Crippen molar-refractivity contribution in [3.05, 3.63) is 81.1 Å². The maximum absolute atomic E-state index is 13.2. The van der Waals surface area contributed by atoms with Crippen LogP contribution in [0.2, 0.25) is 10.0 Å². The lowest BCUT2D eigenvalue weighted by atomic mass is 10.1. The van der Waals surface area contributed by atoms with Gasteiger partial charge in [0.1, 0.15) is 11.3 Å². The third-order valence-corrected chi connectivity index (χ3v) is 5.83. The van der Waals surface area contributed by atoms with Gasteiger partial charge >= 0.3 is 6.03 Å². The summed E-state index contributed by atoms with van der Waals surface area (Å²) in [7, 11) is 1.57. The van der Waals surface area contributed by atoms with E-state index in [4.69, 9.17) is 27.9 Å². The summed E-state index contributed by atoms with van der Waals surface area (Å²) >= 11 is 12.1. The van der Waals surface area contributed by atoms with Crippen LogP contribution in [0.4, 0.5) is 10.5 Å². The minimum Gasteiger partial charge on any atom is -0.495 e. The van der Waals surface area contributed by atoms with E-state index in [1.807, 2.05) is 24.5 Å². The van der Waals surface area contributed by atoms with Crippen molar-refractivity contribution in [2.75, 3.05) is 12.0 Å². The second-order valence-electron chi connectivity index (χ2n) is 7.41. The highest BCUT2D eigenvalue weighted by molar-refractivity contribution is 6.39. The van der Waals surface area contributed by atoms with Crippen molar-refractivity contribution in [3.63, 3.8) is 0 Å². The van der Waals surface area contributed by atoms with Gasteiger partial charge in [0, 0.05) is 21.4 Å². The topological polar surface area (TPSA) is 80.6 Å². The molecular weight excluding hydrogens is 465 g/mol. The number of methoxy groups -OCH3 is 1.